The van der Waals surface area contributed by atoms with E-state index in [0.29, 0.717) is 5.75 Å². The number of halogens is 1. The van der Waals surface area contributed by atoms with Gasteiger partial charge in [0.25, 0.3) is 5.69 Å². The Balaban J connectivity index is 0.00000220. The van der Waals surface area contributed by atoms with Gasteiger partial charge in [-0.25, -0.2) is 0 Å². The monoisotopic (exact) mass is 331 g/mol. The fourth-order valence-corrected chi connectivity index (χ4v) is 2.80. The number of carbonyl (C=O) groups is 1. The van der Waals surface area contributed by atoms with Gasteiger partial charge >= 0.3 is 0 Å². The van der Waals surface area contributed by atoms with Gasteiger partial charge in [0.2, 0.25) is 5.91 Å². The van der Waals surface area contributed by atoms with Crippen molar-refractivity contribution in [2.75, 3.05) is 31.9 Å². The van der Waals surface area contributed by atoms with E-state index in [-0.39, 0.29) is 24.0 Å². The van der Waals surface area contributed by atoms with Crippen molar-refractivity contribution >= 4 is 35.8 Å². The molecule has 6 nitrogen and oxygen atoms in total. The Kier molecular flexibility index (Phi) is 7.49. The quantitative estimate of drug-likeness (QED) is 0.518. The largest absolute Gasteiger partial charge is 0.341 e. The van der Waals surface area contributed by atoms with Crippen molar-refractivity contribution < 1.29 is 9.72 Å². The SMILES string of the molecule is Cl.O=C(CSc1ccc([N+](=O)[O-])cc1)N1CCCNCC1. The van der Waals surface area contributed by atoms with Gasteiger partial charge in [-0.3, -0.25) is 14.9 Å². The summed E-state index contributed by atoms with van der Waals surface area (Å²) in [5.41, 5.74) is 0.0688. The number of nitro benzene ring substituents is 1. The van der Waals surface area contributed by atoms with Crippen LogP contribution in [0.2, 0.25) is 0 Å². The van der Waals surface area contributed by atoms with Crippen LogP contribution in [0.25, 0.3) is 0 Å². The molecule has 1 N–H and O–H groups in total. The number of benzene rings is 1. The molecule has 0 radical (unpaired) electrons. The summed E-state index contributed by atoms with van der Waals surface area (Å²) >= 11 is 1.42. The molecule has 0 aliphatic carbocycles. The average Bonchev–Trinajstić information content (AvgIpc) is 2.74. The number of hydrogen-bond donors (Lipinski definition) is 1. The molecular formula is C13H18ClN3O3S. The van der Waals surface area contributed by atoms with Crippen LogP contribution in [0.15, 0.2) is 29.2 Å². The van der Waals surface area contributed by atoms with Gasteiger partial charge in [0, 0.05) is 36.7 Å². The maximum atomic E-state index is 12.1. The zero-order valence-corrected chi connectivity index (χ0v) is 13.1. The highest BCUT2D eigenvalue weighted by molar-refractivity contribution is 8.00. The molecule has 0 unspecified atom stereocenters. The summed E-state index contributed by atoms with van der Waals surface area (Å²) in [5.74, 6) is 0.495. The van der Waals surface area contributed by atoms with E-state index in [4.69, 9.17) is 0 Å². The smallest absolute Gasteiger partial charge is 0.269 e. The Morgan fingerprint density at radius 1 is 1.29 bits per heavy atom. The van der Waals surface area contributed by atoms with Gasteiger partial charge in [-0.2, -0.15) is 0 Å². The summed E-state index contributed by atoms with van der Waals surface area (Å²) in [6.45, 7) is 3.35. The van der Waals surface area contributed by atoms with Crippen molar-refractivity contribution in [1.29, 1.82) is 0 Å². The lowest BCUT2D eigenvalue weighted by atomic mass is 10.3. The minimum atomic E-state index is -0.427. The summed E-state index contributed by atoms with van der Waals surface area (Å²) in [7, 11) is 0. The first-order valence-corrected chi connectivity index (χ1v) is 7.51. The number of rotatable bonds is 4. The number of nitro groups is 1. The lowest BCUT2D eigenvalue weighted by Crippen LogP contribution is -2.35. The van der Waals surface area contributed by atoms with Crippen LogP contribution < -0.4 is 5.32 Å². The lowest BCUT2D eigenvalue weighted by molar-refractivity contribution is -0.384. The topological polar surface area (TPSA) is 75.5 Å². The van der Waals surface area contributed by atoms with Crippen LogP contribution in [-0.2, 0) is 4.79 Å². The van der Waals surface area contributed by atoms with Crippen molar-refractivity contribution in [3.8, 4) is 0 Å². The van der Waals surface area contributed by atoms with Crippen molar-refractivity contribution in [3.63, 3.8) is 0 Å². The number of amides is 1. The Labute approximate surface area is 133 Å². The minimum Gasteiger partial charge on any atom is -0.341 e. The van der Waals surface area contributed by atoms with E-state index < -0.39 is 4.92 Å². The first-order valence-electron chi connectivity index (χ1n) is 6.52. The van der Waals surface area contributed by atoms with E-state index in [9.17, 15) is 14.9 Å². The summed E-state index contributed by atoms with van der Waals surface area (Å²) in [6, 6.07) is 6.28. The van der Waals surface area contributed by atoms with E-state index in [0.717, 1.165) is 37.5 Å². The van der Waals surface area contributed by atoms with E-state index in [1.165, 1.54) is 23.9 Å². The van der Waals surface area contributed by atoms with Crippen molar-refractivity contribution in [2.45, 2.75) is 11.3 Å². The highest BCUT2D eigenvalue weighted by Gasteiger charge is 2.15. The number of nitrogens with one attached hydrogen (secondary N) is 1. The van der Waals surface area contributed by atoms with E-state index >= 15 is 0 Å². The van der Waals surface area contributed by atoms with Crippen LogP contribution in [0.4, 0.5) is 5.69 Å². The molecule has 1 aliphatic rings. The summed E-state index contributed by atoms with van der Waals surface area (Å²) < 4.78 is 0. The molecule has 21 heavy (non-hydrogen) atoms. The van der Waals surface area contributed by atoms with Crippen molar-refractivity contribution in [3.05, 3.63) is 34.4 Å². The van der Waals surface area contributed by atoms with Crippen molar-refractivity contribution in [1.82, 2.24) is 10.2 Å². The number of carbonyl (C=O) groups excluding carboxylic acids is 1. The third-order valence-electron chi connectivity index (χ3n) is 3.10. The van der Waals surface area contributed by atoms with Gasteiger partial charge in [-0.15, -0.1) is 24.2 Å². The maximum absolute atomic E-state index is 12.1. The molecule has 8 heteroatoms. The number of hydrogen-bond acceptors (Lipinski definition) is 5. The summed E-state index contributed by atoms with van der Waals surface area (Å²) in [6.07, 6.45) is 0.980. The van der Waals surface area contributed by atoms with Gasteiger partial charge < -0.3 is 10.2 Å². The predicted octanol–water partition coefficient (Wildman–Crippen LogP) is 1.93. The predicted molar refractivity (Wildman–Crippen MR) is 85.1 cm³/mol. The standard InChI is InChI=1S/C13H17N3O3S.ClH/c17-13(15-8-1-6-14-7-9-15)10-20-12-4-2-11(3-5-12)16(18)19;/h2-5,14H,1,6-10H2;1H. The molecule has 1 aromatic rings. The third kappa shape index (κ3) is 5.53. The first kappa shape index (κ1) is 17.7. The van der Waals surface area contributed by atoms with Gasteiger partial charge in [0.1, 0.15) is 0 Å². The van der Waals surface area contributed by atoms with Crippen LogP contribution in [0.1, 0.15) is 6.42 Å². The van der Waals surface area contributed by atoms with E-state index in [1.54, 1.807) is 12.1 Å². The van der Waals surface area contributed by atoms with Crippen LogP contribution in [-0.4, -0.2) is 47.7 Å². The second-order valence-corrected chi connectivity index (χ2v) is 5.57. The fraction of sp³-hybridized carbons (Fsp3) is 0.462. The lowest BCUT2D eigenvalue weighted by Gasteiger charge is -2.19. The Hall–Kier alpha value is -1.31. The van der Waals surface area contributed by atoms with Gasteiger partial charge in [0.15, 0.2) is 0 Å². The van der Waals surface area contributed by atoms with Crippen molar-refractivity contribution in [2.24, 2.45) is 0 Å². The van der Waals surface area contributed by atoms with Crippen LogP contribution in [0, 0.1) is 10.1 Å². The molecule has 1 saturated heterocycles. The van der Waals surface area contributed by atoms with Crippen LogP contribution in [0.5, 0.6) is 0 Å². The van der Waals surface area contributed by atoms with Crippen LogP contribution in [0.3, 0.4) is 0 Å². The third-order valence-corrected chi connectivity index (χ3v) is 4.10. The molecule has 0 spiro atoms. The zero-order valence-electron chi connectivity index (χ0n) is 11.5. The molecule has 1 aromatic carbocycles. The highest BCUT2D eigenvalue weighted by atomic mass is 35.5. The van der Waals surface area contributed by atoms with Gasteiger partial charge in [-0.05, 0) is 25.1 Å². The molecule has 0 atom stereocenters. The van der Waals surface area contributed by atoms with E-state index in [1.807, 2.05) is 4.90 Å². The Bertz CT molecular complexity index is 476. The van der Waals surface area contributed by atoms with E-state index in [2.05, 4.69) is 5.32 Å². The molecule has 116 valence electrons. The first-order chi connectivity index (χ1) is 9.66. The van der Waals surface area contributed by atoms with Gasteiger partial charge in [0.05, 0.1) is 10.7 Å². The highest BCUT2D eigenvalue weighted by Crippen LogP contribution is 2.21. The minimum absolute atomic E-state index is 0. The maximum Gasteiger partial charge on any atom is 0.269 e. The van der Waals surface area contributed by atoms with Gasteiger partial charge in [-0.1, -0.05) is 0 Å². The number of non-ortho nitro benzene ring substituents is 1. The summed E-state index contributed by atoms with van der Waals surface area (Å²) in [4.78, 5) is 24.9. The second-order valence-electron chi connectivity index (χ2n) is 4.52. The zero-order chi connectivity index (χ0) is 14.4. The average molecular weight is 332 g/mol. The molecule has 1 heterocycles. The number of thioether (sulfide) groups is 1. The molecule has 1 fully saturated rings. The summed E-state index contributed by atoms with van der Waals surface area (Å²) in [5, 5.41) is 13.8. The normalized spacial score (nSPS) is 15.0. The molecule has 1 aliphatic heterocycles. The fourth-order valence-electron chi connectivity index (χ4n) is 2.00. The Morgan fingerprint density at radius 3 is 2.67 bits per heavy atom. The molecule has 0 aromatic heterocycles. The van der Waals surface area contributed by atoms with Crippen LogP contribution >= 0.6 is 24.2 Å². The molecule has 2 rings (SSSR count). The molecule has 0 bridgehead atoms. The molecular weight excluding hydrogens is 314 g/mol. The second kappa shape index (κ2) is 8.86. The number of nitrogens with zero attached hydrogens (tertiary/aromatic N) is 2. The Morgan fingerprint density at radius 2 is 2.00 bits per heavy atom. The molecule has 1 amide bonds. The molecule has 0 saturated carbocycles.